The highest BCUT2D eigenvalue weighted by Gasteiger charge is 2.06. The fraction of sp³-hybridized carbons (Fsp3) is 0.636. The highest BCUT2D eigenvalue weighted by molar-refractivity contribution is 5.54. The predicted molar refractivity (Wildman–Crippen MR) is 101 cm³/mol. The maximum absolute atomic E-state index is 4.01. The Bertz CT molecular complexity index is 402. The Balaban J connectivity index is 2.53. The van der Waals surface area contributed by atoms with Crippen molar-refractivity contribution in [3.05, 3.63) is 41.5 Å². The van der Waals surface area contributed by atoms with E-state index in [-0.39, 0.29) is 0 Å². The van der Waals surface area contributed by atoms with Crippen LogP contribution in [0.1, 0.15) is 94.7 Å². The van der Waals surface area contributed by atoms with Crippen molar-refractivity contribution in [2.75, 3.05) is 0 Å². The molecule has 0 heterocycles. The first-order chi connectivity index (χ1) is 10.8. The van der Waals surface area contributed by atoms with Gasteiger partial charge < -0.3 is 0 Å². The van der Waals surface area contributed by atoms with Crippen molar-refractivity contribution >= 4 is 6.08 Å². The molecule has 1 aromatic rings. The van der Waals surface area contributed by atoms with Gasteiger partial charge in [0.1, 0.15) is 0 Å². The van der Waals surface area contributed by atoms with Crippen LogP contribution in [0.4, 0.5) is 0 Å². The first kappa shape index (κ1) is 19.0. The summed E-state index contributed by atoms with van der Waals surface area (Å²) in [5.74, 6) is 0. The van der Waals surface area contributed by atoms with Crippen molar-refractivity contribution in [3.8, 4) is 0 Å². The molecule has 124 valence electrons. The van der Waals surface area contributed by atoms with Crippen molar-refractivity contribution < 1.29 is 0 Å². The van der Waals surface area contributed by atoms with Gasteiger partial charge in [-0.3, -0.25) is 0 Å². The smallest absolute Gasteiger partial charge is 0.0228 e. The highest BCUT2D eigenvalue weighted by atomic mass is 14.1. The van der Waals surface area contributed by atoms with Crippen LogP contribution in [0.5, 0.6) is 0 Å². The summed E-state index contributed by atoms with van der Waals surface area (Å²) in [6.07, 6.45) is 18.1. The Kier molecular flexibility index (Phi) is 10.8. The summed E-state index contributed by atoms with van der Waals surface area (Å²) in [7, 11) is 0. The van der Waals surface area contributed by atoms with Crippen molar-refractivity contribution in [2.45, 2.75) is 90.9 Å². The summed E-state index contributed by atoms with van der Waals surface area (Å²) in [6.45, 7) is 8.57. The molecule has 0 atom stereocenters. The van der Waals surface area contributed by atoms with Crippen LogP contribution in [0.2, 0.25) is 0 Å². The Hall–Kier alpha value is -1.04. The predicted octanol–water partition coefficient (Wildman–Crippen LogP) is 7.36. The lowest BCUT2D eigenvalue weighted by atomic mass is 9.92. The van der Waals surface area contributed by atoms with Crippen LogP contribution in [0.15, 0.2) is 24.8 Å². The van der Waals surface area contributed by atoms with Gasteiger partial charge in [-0.05, 0) is 42.4 Å². The molecule has 0 saturated heterocycles. The molecule has 0 saturated carbocycles. The molecule has 0 aliphatic carbocycles. The van der Waals surface area contributed by atoms with Gasteiger partial charge in [-0.2, -0.15) is 0 Å². The largest absolute Gasteiger partial charge is 0.0985 e. The molecular weight excluding hydrogens is 264 g/mol. The second-order valence-corrected chi connectivity index (χ2v) is 6.52. The van der Waals surface area contributed by atoms with E-state index in [9.17, 15) is 0 Å². The molecule has 0 bridgehead atoms. The summed E-state index contributed by atoms with van der Waals surface area (Å²) in [4.78, 5) is 0. The molecule has 0 heteroatoms. The van der Waals surface area contributed by atoms with Crippen molar-refractivity contribution in [1.82, 2.24) is 0 Å². The standard InChI is InChI=1S/C22H36/c1-4-7-9-11-13-16-21-18-15-17-20(6-3)22(21)19-14-12-10-8-5-2/h6,15,17-18H,3-5,7-14,16,19H2,1-2H3. The van der Waals surface area contributed by atoms with Gasteiger partial charge in [0.25, 0.3) is 0 Å². The van der Waals surface area contributed by atoms with Gasteiger partial charge in [0.2, 0.25) is 0 Å². The topological polar surface area (TPSA) is 0 Å². The first-order valence-electron chi connectivity index (χ1n) is 9.56. The minimum atomic E-state index is 1.23. The number of hydrogen-bond acceptors (Lipinski definition) is 0. The van der Waals surface area contributed by atoms with Gasteiger partial charge in [-0.1, -0.05) is 96.1 Å². The van der Waals surface area contributed by atoms with E-state index < -0.39 is 0 Å². The van der Waals surface area contributed by atoms with Gasteiger partial charge in [-0.25, -0.2) is 0 Å². The Morgan fingerprint density at radius 1 is 0.773 bits per heavy atom. The Morgan fingerprint density at radius 3 is 1.95 bits per heavy atom. The van der Waals surface area contributed by atoms with Crippen LogP contribution in [0.3, 0.4) is 0 Å². The third kappa shape index (κ3) is 7.29. The molecule has 0 aliphatic heterocycles. The van der Waals surface area contributed by atoms with Crippen LogP contribution in [-0.4, -0.2) is 0 Å². The van der Waals surface area contributed by atoms with Gasteiger partial charge in [-0.15, -0.1) is 0 Å². The van der Waals surface area contributed by atoms with E-state index in [1.807, 2.05) is 6.08 Å². The molecule has 0 N–H and O–H groups in total. The number of benzene rings is 1. The number of hydrogen-bond donors (Lipinski definition) is 0. The van der Waals surface area contributed by atoms with E-state index in [1.165, 1.54) is 82.6 Å². The summed E-state index contributed by atoms with van der Waals surface area (Å²) in [5.41, 5.74) is 4.51. The summed E-state index contributed by atoms with van der Waals surface area (Å²) in [5, 5.41) is 0. The second-order valence-electron chi connectivity index (χ2n) is 6.52. The minimum Gasteiger partial charge on any atom is -0.0985 e. The SMILES string of the molecule is C=Cc1cccc(CCCCCCC)c1CCCCCCC. The summed E-state index contributed by atoms with van der Waals surface area (Å²) >= 11 is 0. The molecule has 0 amide bonds. The highest BCUT2D eigenvalue weighted by Crippen LogP contribution is 2.22. The molecule has 0 unspecified atom stereocenters. The molecule has 1 aromatic carbocycles. The fourth-order valence-electron chi connectivity index (χ4n) is 3.21. The lowest BCUT2D eigenvalue weighted by Gasteiger charge is -2.13. The molecule has 0 aromatic heterocycles. The van der Waals surface area contributed by atoms with Crippen LogP contribution in [0, 0.1) is 0 Å². The zero-order valence-electron chi connectivity index (χ0n) is 15.0. The van der Waals surface area contributed by atoms with E-state index in [2.05, 4.69) is 38.6 Å². The second kappa shape index (κ2) is 12.5. The lowest BCUT2D eigenvalue weighted by Crippen LogP contribution is -1.98. The van der Waals surface area contributed by atoms with Crippen LogP contribution in [0.25, 0.3) is 6.08 Å². The molecule has 0 nitrogen and oxygen atoms in total. The van der Waals surface area contributed by atoms with Gasteiger partial charge in [0.15, 0.2) is 0 Å². The van der Waals surface area contributed by atoms with Crippen LogP contribution < -0.4 is 0 Å². The Morgan fingerprint density at radius 2 is 1.36 bits per heavy atom. The van der Waals surface area contributed by atoms with Crippen molar-refractivity contribution in [1.29, 1.82) is 0 Å². The molecule has 0 spiro atoms. The maximum Gasteiger partial charge on any atom is -0.0228 e. The molecule has 0 radical (unpaired) electrons. The molecule has 0 aliphatic rings. The third-order valence-corrected chi connectivity index (χ3v) is 4.61. The molecule has 22 heavy (non-hydrogen) atoms. The van der Waals surface area contributed by atoms with E-state index in [0.717, 1.165) is 0 Å². The normalized spacial score (nSPS) is 10.8. The van der Waals surface area contributed by atoms with Crippen molar-refractivity contribution in [2.24, 2.45) is 0 Å². The average Bonchev–Trinajstić information content (AvgIpc) is 2.55. The lowest BCUT2D eigenvalue weighted by molar-refractivity contribution is 0.620. The van der Waals surface area contributed by atoms with E-state index >= 15 is 0 Å². The number of aryl methyl sites for hydroxylation is 1. The fourth-order valence-corrected chi connectivity index (χ4v) is 3.21. The van der Waals surface area contributed by atoms with E-state index in [4.69, 9.17) is 0 Å². The molecule has 0 fully saturated rings. The number of rotatable bonds is 13. The monoisotopic (exact) mass is 300 g/mol. The third-order valence-electron chi connectivity index (χ3n) is 4.61. The first-order valence-corrected chi connectivity index (χ1v) is 9.56. The van der Waals surface area contributed by atoms with E-state index in [1.54, 1.807) is 11.1 Å². The van der Waals surface area contributed by atoms with Crippen molar-refractivity contribution in [3.63, 3.8) is 0 Å². The Labute approximate surface area is 139 Å². The molecular formula is C22H36. The zero-order valence-corrected chi connectivity index (χ0v) is 15.0. The van der Waals surface area contributed by atoms with Crippen LogP contribution >= 0.6 is 0 Å². The van der Waals surface area contributed by atoms with Crippen LogP contribution in [-0.2, 0) is 12.8 Å². The zero-order chi connectivity index (χ0) is 16.0. The van der Waals surface area contributed by atoms with E-state index in [0.29, 0.717) is 0 Å². The molecule has 1 rings (SSSR count). The van der Waals surface area contributed by atoms with Gasteiger partial charge in [0.05, 0.1) is 0 Å². The van der Waals surface area contributed by atoms with Gasteiger partial charge in [0, 0.05) is 0 Å². The quantitative estimate of drug-likeness (QED) is 0.334. The summed E-state index contributed by atoms with van der Waals surface area (Å²) in [6, 6.07) is 6.78. The average molecular weight is 301 g/mol. The minimum absolute atomic E-state index is 1.23. The maximum atomic E-state index is 4.01. The van der Waals surface area contributed by atoms with Gasteiger partial charge >= 0.3 is 0 Å². The summed E-state index contributed by atoms with van der Waals surface area (Å²) < 4.78 is 0. The number of unbranched alkanes of at least 4 members (excludes halogenated alkanes) is 8.